The number of hydrogen-bond acceptors (Lipinski definition) is 6. The number of methoxy groups -OCH3 is 1. The fourth-order valence-corrected chi connectivity index (χ4v) is 5.12. The van der Waals surface area contributed by atoms with Crippen molar-refractivity contribution >= 4 is 29.5 Å². The molecule has 2 aromatic carbocycles. The molecule has 0 aliphatic carbocycles. The molecule has 1 atom stereocenters. The molecule has 1 heterocycles. The minimum absolute atomic E-state index is 0.0690. The van der Waals surface area contributed by atoms with Gasteiger partial charge in [0, 0.05) is 17.5 Å². The van der Waals surface area contributed by atoms with E-state index in [-0.39, 0.29) is 10.0 Å². The van der Waals surface area contributed by atoms with Crippen LogP contribution in [-0.4, -0.2) is 37.3 Å². The Morgan fingerprint density at radius 2 is 1.93 bits per heavy atom. The van der Waals surface area contributed by atoms with Gasteiger partial charge in [0.15, 0.2) is 0 Å². The molecule has 0 bridgehead atoms. The highest BCUT2D eigenvalue weighted by molar-refractivity contribution is 8.16. The van der Waals surface area contributed by atoms with Gasteiger partial charge in [-0.05, 0) is 54.5 Å². The molecule has 1 unspecified atom stereocenters. The molecule has 0 saturated heterocycles. The summed E-state index contributed by atoms with van der Waals surface area (Å²) in [7, 11) is 1.35. The summed E-state index contributed by atoms with van der Waals surface area (Å²) in [6.07, 6.45) is 4.22. The molecule has 0 radical (unpaired) electrons. The van der Waals surface area contributed by atoms with Gasteiger partial charge >= 0.3 is 5.97 Å². The van der Waals surface area contributed by atoms with E-state index >= 15 is 0 Å². The number of esters is 1. The molecular weight excluding hydrogens is 392 g/mol. The first-order chi connectivity index (χ1) is 13.5. The maximum Gasteiger partial charge on any atom is 0.337 e. The standard InChI is InChI=1S/C22H22O4S2/c1-25-21(24)16-7-4-15(5-8-16)6-10-19(23)17-9-11-20-18(14-17)22(27-2,28-3)12-13-26-20/h4-5,7-9,11,14,19,23H,12-13H2,1-3H3. The zero-order valence-electron chi connectivity index (χ0n) is 16.0. The van der Waals surface area contributed by atoms with Gasteiger partial charge in [-0.25, -0.2) is 4.79 Å². The summed E-state index contributed by atoms with van der Waals surface area (Å²) in [4.78, 5) is 11.5. The van der Waals surface area contributed by atoms with E-state index < -0.39 is 6.10 Å². The van der Waals surface area contributed by atoms with Crippen molar-refractivity contribution in [2.24, 2.45) is 0 Å². The van der Waals surface area contributed by atoms with Crippen molar-refractivity contribution in [3.05, 3.63) is 64.7 Å². The summed E-state index contributed by atoms with van der Waals surface area (Å²) < 4.78 is 10.4. The van der Waals surface area contributed by atoms with Crippen LogP contribution in [0.3, 0.4) is 0 Å². The zero-order valence-corrected chi connectivity index (χ0v) is 17.7. The molecule has 146 valence electrons. The highest BCUT2D eigenvalue weighted by Gasteiger charge is 2.37. The van der Waals surface area contributed by atoms with Crippen LogP contribution in [0.15, 0.2) is 42.5 Å². The summed E-state index contributed by atoms with van der Waals surface area (Å²) in [5.74, 6) is 6.33. The fourth-order valence-electron chi connectivity index (χ4n) is 3.12. The summed E-state index contributed by atoms with van der Waals surface area (Å²) in [6, 6.07) is 12.6. The lowest BCUT2D eigenvalue weighted by Crippen LogP contribution is -2.26. The molecule has 6 heteroatoms. The summed E-state index contributed by atoms with van der Waals surface area (Å²) in [6.45, 7) is 0.692. The van der Waals surface area contributed by atoms with Crippen molar-refractivity contribution in [1.29, 1.82) is 0 Å². The van der Waals surface area contributed by atoms with E-state index in [9.17, 15) is 9.90 Å². The predicted octanol–water partition coefficient (Wildman–Crippen LogP) is 4.22. The number of hydrogen-bond donors (Lipinski definition) is 1. The van der Waals surface area contributed by atoms with Crippen molar-refractivity contribution < 1.29 is 19.4 Å². The van der Waals surface area contributed by atoms with E-state index in [0.29, 0.717) is 12.2 Å². The Balaban J connectivity index is 1.84. The summed E-state index contributed by atoms with van der Waals surface area (Å²) in [5, 5.41) is 10.6. The number of aliphatic hydroxyl groups excluding tert-OH is 1. The first-order valence-electron chi connectivity index (χ1n) is 8.78. The minimum Gasteiger partial charge on any atom is -0.493 e. The Morgan fingerprint density at radius 1 is 1.21 bits per heavy atom. The number of carbonyl (C=O) groups excluding carboxylic acids is 1. The zero-order chi connectivity index (χ0) is 20.1. The Bertz CT molecular complexity index is 908. The van der Waals surface area contributed by atoms with Crippen LogP contribution in [0.4, 0.5) is 0 Å². The molecule has 0 spiro atoms. The molecule has 0 aromatic heterocycles. The average Bonchev–Trinajstić information content (AvgIpc) is 2.76. The van der Waals surface area contributed by atoms with Gasteiger partial charge in [-0.1, -0.05) is 17.9 Å². The minimum atomic E-state index is -0.908. The van der Waals surface area contributed by atoms with E-state index in [4.69, 9.17) is 4.74 Å². The molecule has 0 amide bonds. The normalized spacial score (nSPS) is 15.4. The Labute approximate surface area is 174 Å². The molecular formula is C22H22O4S2. The van der Waals surface area contributed by atoms with Crippen LogP contribution >= 0.6 is 23.5 Å². The van der Waals surface area contributed by atoms with E-state index in [2.05, 4.69) is 29.1 Å². The van der Waals surface area contributed by atoms with E-state index in [1.54, 1.807) is 47.8 Å². The highest BCUT2D eigenvalue weighted by atomic mass is 32.2. The maximum absolute atomic E-state index is 11.5. The second-order valence-corrected chi connectivity index (χ2v) is 8.72. The fraction of sp³-hybridized carbons (Fsp3) is 0.318. The molecule has 1 aliphatic rings. The van der Waals surface area contributed by atoms with Gasteiger partial charge in [-0.2, -0.15) is 0 Å². The van der Waals surface area contributed by atoms with E-state index in [1.165, 1.54) is 7.11 Å². The smallest absolute Gasteiger partial charge is 0.337 e. The van der Waals surface area contributed by atoms with Crippen LogP contribution in [0, 0.1) is 11.8 Å². The molecule has 0 saturated carbocycles. The van der Waals surface area contributed by atoms with Crippen LogP contribution in [0.2, 0.25) is 0 Å². The van der Waals surface area contributed by atoms with Crippen molar-refractivity contribution in [2.45, 2.75) is 16.6 Å². The van der Waals surface area contributed by atoms with Crippen LogP contribution < -0.4 is 4.74 Å². The Hall–Kier alpha value is -2.07. The first kappa shape index (κ1) is 20.7. The SMILES string of the molecule is COC(=O)c1ccc(C#CC(O)c2ccc3c(c2)C(SC)(SC)CCO3)cc1. The second-order valence-electron chi connectivity index (χ2n) is 6.26. The summed E-state index contributed by atoms with van der Waals surface area (Å²) in [5.41, 5.74) is 3.03. The van der Waals surface area contributed by atoms with Crippen LogP contribution in [-0.2, 0) is 8.82 Å². The predicted molar refractivity (Wildman–Crippen MR) is 115 cm³/mol. The number of ether oxygens (including phenoxy) is 2. The van der Waals surface area contributed by atoms with Crippen LogP contribution in [0.5, 0.6) is 5.75 Å². The van der Waals surface area contributed by atoms with E-state index in [0.717, 1.165) is 28.9 Å². The van der Waals surface area contributed by atoms with Gasteiger partial charge in [0.05, 0.1) is 23.4 Å². The van der Waals surface area contributed by atoms with Gasteiger partial charge < -0.3 is 14.6 Å². The number of benzene rings is 2. The molecule has 0 fully saturated rings. The molecule has 1 N–H and O–H groups in total. The lowest BCUT2D eigenvalue weighted by molar-refractivity contribution is 0.0600. The molecule has 4 nitrogen and oxygen atoms in total. The molecule has 3 rings (SSSR count). The molecule has 2 aromatic rings. The van der Waals surface area contributed by atoms with Gasteiger partial charge in [0.2, 0.25) is 0 Å². The van der Waals surface area contributed by atoms with Crippen LogP contribution in [0.25, 0.3) is 0 Å². The van der Waals surface area contributed by atoms with Crippen molar-refractivity contribution in [3.63, 3.8) is 0 Å². The number of fused-ring (bicyclic) bond motifs is 1. The quantitative estimate of drug-likeness (QED) is 0.459. The third kappa shape index (κ3) is 4.17. The third-order valence-corrected chi connectivity index (χ3v) is 7.90. The maximum atomic E-state index is 11.5. The van der Waals surface area contributed by atoms with Gasteiger partial charge in [0.25, 0.3) is 0 Å². The average molecular weight is 415 g/mol. The molecule has 1 aliphatic heterocycles. The van der Waals surface area contributed by atoms with Crippen LogP contribution in [0.1, 0.15) is 39.6 Å². The monoisotopic (exact) mass is 414 g/mol. The topological polar surface area (TPSA) is 55.8 Å². The number of thioether (sulfide) groups is 2. The first-order valence-corrected chi connectivity index (χ1v) is 11.2. The molecule has 28 heavy (non-hydrogen) atoms. The van der Waals surface area contributed by atoms with Crippen molar-refractivity contribution in [2.75, 3.05) is 26.2 Å². The lowest BCUT2D eigenvalue weighted by atomic mass is 9.99. The Kier molecular flexibility index (Phi) is 6.61. The van der Waals surface area contributed by atoms with Crippen molar-refractivity contribution in [1.82, 2.24) is 0 Å². The third-order valence-electron chi connectivity index (χ3n) is 4.74. The second kappa shape index (κ2) is 8.95. The summed E-state index contributed by atoms with van der Waals surface area (Å²) >= 11 is 3.60. The number of aliphatic hydroxyl groups is 1. The Morgan fingerprint density at radius 3 is 2.57 bits per heavy atom. The number of rotatable bonds is 4. The van der Waals surface area contributed by atoms with Gasteiger partial charge in [-0.15, -0.1) is 23.5 Å². The lowest BCUT2D eigenvalue weighted by Gasteiger charge is -2.36. The highest BCUT2D eigenvalue weighted by Crippen LogP contribution is 2.52. The van der Waals surface area contributed by atoms with Crippen molar-refractivity contribution in [3.8, 4) is 17.6 Å². The largest absolute Gasteiger partial charge is 0.493 e. The van der Waals surface area contributed by atoms with Gasteiger partial charge in [-0.3, -0.25) is 0 Å². The van der Waals surface area contributed by atoms with Gasteiger partial charge in [0.1, 0.15) is 11.9 Å². The van der Waals surface area contributed by atoms with E-state index in [1.807, 2.05) is 18.2 Å². The number of carbonyl (C=O) groups is 1.